The minimum Gasteiger partial charge on any atom is -0.353 e. The summed E-state index contributed by atoms with van der Waals surface area (Å²) in [5.74, 6) is 1.25. The summed E-state index contributed by atoms with van der Waals surface area (Å²) in [5.41, 5.74) is 0. The van der Waals surface area contributed by atoms with E-state index in [1.165, 1.54) is 24.2 Å². The Bertz CT molecular complexity index is 1170. The van der Waals surface area contributed by atoms with Crippen LogP contribution in [0, 0.1) is 5.92 Å². The summed E-state index contributed by atoms with van der Waals surface area (Å²) < 4.78 is 22.8. The van der Waals surface area contributed by atoms with Crippen molar-refractivity contribution in [3.8, 4) is 0 Å². The van der Waals surface area contributed by atoms with E-state index in [0.29, 0.717) is 22.0 Å². The Balaban J connectivity index is 1.43. The van der Waals surface area contributed by atoms with E-state index in [1.54, 1.807) is 24.3 Å². The Hall–Kier alpha value is -1.48. The molecular weight excluding hydrogens is 513 g/mol. The number of anilines is 1. The lowest BCUT2D eigenvalue weighted by molar-refractivity contribution is -0.123. The maximum atomic E-state index is 13.2. The van der Waals surface area contributed by atoms with Gasteiger partial charge in [0.05, 0.1) is 14.7 Å². The number of hydrogen-bond acceptors (Lipinski definition) is 6. The lowest BCUT2D eigenvalue weighted by Gasteiger charge is -2.43. The lowest BCUT2D eigenvalue weighted by Crippen LogP contribution is -2.47. The standard InChI is InChI=1S/C24H29Cl2N3O3S2/c1-24(2,33-21-8-5-16(25)13-19(21)26)23(30)28-17-10-11-29(20-7-4-15(20)12-17)22-9-6-18(14-27-22)34(3,31)32/h5-6,8-9,13-15,17,20H,4,7,10-12H2,1-3H3,(H,28,30). The minimum absolute atomic E-state index is 0.0199. The van der Waals surface area contributed by atoms with E-state index in [-0.39, 0.29) is 16.8 Å². The number of hydrogen-bond donors (Lipinski definition) is 1. The van der Waals surface area contributed by atoms with E-state index in [2.05, 4.69) is 15.2 Å². The molecule has 2 aliphatic rings. The van der Waals surface area contributed by atoms with Gasteiger partial charge >= 0.3 is 0 Å². The summed E-state index contributed by atoms with van der Waals surface area (Å²) in [4.78, 5) is 21.0. The van der Waals surface area contributed by atoms with Crippen LogP contribution in [-0.2, 0) is 14.6 Å². The highest BCUT2D eigenvalue weighted by atomic mass is 35.5. The Morgan fingerprint density at radius 3 is 2.53 bits per heavy atom. The van der Waals surface area contributed by atoms with Crippen molar-refractivity contribution in [1.82, 2.24) is 10.3 Å². The monoisotopic (exact) mass is 541 g/mol. The topological polar surface area (TPSA) is 79.4 Å². The zero-order chi connectivity index (χ0) is 24.7. The predicted molar refractivity (Wildman–Crippen MR) is 139 cm³/mol. The summed E-state index contributed by atoms with van der Waals surface area (Å²) in [6, 6.07) is 9.16. The lowest BCUT2D eigenvalue weighted by atomic mass is 9.76. The summed E-state index contributed by atoms with van der Waals surface area (Å²) in [6.45, 7) is 4.56. The van der Waals surface area contributed by atoms with Crippen molar-refractivity contribution in [2.45, 2.75) is 66.2 Å². The number of amides is 1. The first kappa shape index (κ1) is 25.6. The molecule has 1 aromatic carbocycles. The number of benzene rings is 1. The molecule has 6 nitrogen and oxygen atoms in total. The van der Waals surface area contributed by atoms with Crippen LogP contribution >= 0.6 is 35.0 Å². The molecule has 1 saturated heterocycles. The van der Waals surface area contributed by atoms with Gasteiger partial charge in [0, 0.05) is 41.0 Å². The molecule has 34 heavy (non-hydrogen) atoms. The largest absolute Gasteiger partial charge is 0.353 e. The molecule has 1 saturated carbocycles. The maximum absolute atomic E-state index is 13.2. The molecular formula is C24H29Cl2N3O3S2. The van der Waals surface area contributed by atoms with E-state index in [1.807, 2.05) is 19.9 Å². The molecule has 0 bridgehead atoms. The molecule has 2 heterocycles. The number of nitrogens with zero attached hydrogens (tertiary/aromatic N) is 2. The number of sulfone groups is 1. The predicted octanol–water partition coefficient (Wildman–Crippen LogP) is 5.23. The van der Waals surface area contributed by atoms with E-state index >= 15 is 0 Å². The summed E-state index contributed by atoms with van der Waals surface area (Å²) in [7, 11) is -3.28. The van der Waals surface area contributed by atoms with E-state index in [4.69, 9.17) is 23.2 Å². The van der Waals surface area contributed by atoms with Gasteiger partial charge in [0.1, 0.15) is 5.82 Å². The number of rotatable bonds is 6. The van der Waals surface area contributed by atoms with Gasteiger partial charge in [-0.25, -0.2) is 13.4 Å². The minimum atomic E-state index is -3.28. The third-order valence-corrected chi connectivity index (χ3v) is 9.70. The maximum Gasteiger partial charge on any atom is 0.236 e. The number of nitrogens with one attached hydrogen (secondary N) is 1. The molecule has 1 aromatic heterocycles. The first-order chi connectivity index (χ1) is 15.9. The van der Waals surface area contributed by atoms with Gasteiger partial charge in [0.2, 0.25) is 5.91 Å². The molecule has 4 rings (SSSR count). The Morgan fingerprint density at radius 1 is 1.18 bits per heavy atom. The smallest absolute Gasteiger partial charge is 0.236 e. The Kier molecular flexibility index (Phi) is 7.44. The fourth-order valence-corrected chi connectivity index (χ4v) is 6.67. The Labute approximate surface area is 215 Å². The number of aromatic nitrogens is 1. The molecule has 184 valence electrons. The van der Waals surface area contributed by atoms with E-state index < -0.39 is 14.6 Å². The zero-order valence-corrected chi connectivity index (χ0v) is 22.6. The molecule has 2 aromatic rings. The van der Waals surface area contributed by atoms with E-state index in [0.717, 1.165) is 42.9 Å². The van der Waals surface area contributed by atoms with Crippen molar-refractivity contribution in [1.29, 1.82) is 0 Å². The normalized spacial score (nSPS) is 23.0. The van der Waals surface area contributed by atoms with Crippen molar-refractivity contribution >= 4 is 56.5 Å². The van der Waals surface area contributed by atoms with Crippen LogP contribution in [0.15, 0.2) is 46.3 Å². The van der Waals surface area contributed by atoms with Crippen LogP contribution in [0.3, 0.4) is 0 Å². The van der Waals surface area contributed by atoms with Crippen LogP contribution in [0.4, 0.5) is 5.82 Å². The van der Waals surface area contributed by atoms with E-state index in [9.17, 15) is 13.2 Å². The Morgan fingerprint density at radius 2 is 1.94 bits per heavy atom. The SMILES string of the molecule is CC(C)(Sc1ccc(Cl)cc1Cl)C(=O)NC1CCN(c2ccc(S(C)(=O)=O)cn2)C2CCC2C1. The molecule has 3 atom stereocenters. The molecule has 3 unspecified atom stereocenters. The molecule has 1 amide bonds. The van der Waals surface area contributed by atoms with Gasteiger partial charge in [-0.15, -0.1) is 11.8 Å². The molecule has 10 heteroatoms. The van der Waals surface area contributed by atoms with Crippen LogP contribution in [0.2, 0.25) is 10.0 Å². The summed E-state index contributed by atoms with van der Waals surface area (Å²) in [6.07, 6.45) is 6.55. The fourth-order valence-electron chi connectivity index (χ4n) is 4.60. The van der Waals surface area contributed by atoms with Crippen molar-refractivity contribution in [2.24, 2.45) is 5.92 Å². The fraction of sp³-hybridized carbons (Fsp3) is 0.500. The molecule has 1 N–H and O–H groups in total. The highest BCUT2D eigenvalue weighted by molar-refractivity contribution is 8.01. The van der Waals surface area contributed by atoms with Gasteiger partial charge in [-0.1, -0.05) is 23.2 Å². The molecule has 1 aliphatic carbocycles. The van der Waals surface area contributed by atoms with Crippen molar-refractivity contribution in [3.63, 3.8) is 0 Å². The number of fused-ring (bicyclic) bond motifs is 1. The second-order valence-electron chi connectivity index (χ2n) is 9.60. The van der Waals surface area contributed by atoms with Crippen LogP contribution in [-0.4, -0.2) is 48.9 Å². The third-order valence-electron chi connectivity index (χ3n) is 6.67. The van der Waals surface area contributed by atoms with Gasteiger partial charge < -0.3 is 10.2 Å². The molecule has 0 spiro atoms. The van der Waals surface area contributed by atoms with Crippen LogP contribution in [0.1, 0.15) is 39.5 Å². The first-order valence-electron chi connectivity index (χ1n) is 11.3. The summed E-state index contributed by atoms with van der Waals surface area (Å²) >= 11 is 13.8. The highest BCUT2D eigenvalue weighted by Crippen LogP contribution is 2.41. The first-order valence-corrected chi connectivity index (χ1v) is 14.8. The number of carbonyl (C=O) groups excluding carboxylic acids is 1. The molecule has 0 radical (unpaired) electrons. The van der Waals surface area contributed by atoms with Gasteiger partial charge in [-0.05, 0) is 75.8 Å². The van der Waals surface area contributed by atoms with Gasteiger partial charge in [0.15, 0.2) is 9.84 Å². The van der Waals surface area contributed by atoms with Gasteiger partial charge in [0.25, 0.3) is 0 Å². The number of halogens is 2. The zero-order valence-electron chi connectivity index (χ0n) is 19.4. The number of pyridine rings is 1. The highest BCUT2D eigenvalue weighted by Gasteiger charge is 2.41. The second-order valence-corrected chi connectivity index (χ2v) is 14.1. The van der Waals surface area contributed by atoms with Gasteiger partial charge in [-0.3, -0.25) is 4.79 Å². The number of carbonyl (C=O) groups is 1. The van der Waals surface area contributed by atoms with Crippen LogP contribution in [0.5, 0.6) is 0 Å². The molecule has 1 aliphatic heterocycles. The van der Waals surface area contributed by atoms with Crippen molar-refractivity contribution in [2.75, 3.05) is 17.7 Å². The van der Waals surface area contributed by atoms with Crippen LogP contribution in [0.25, 0.3) is 0 Å². The summed E-state index contributed by atoms with van der Waals surface area (Å²) in [5, 5.41) is 4.38. The van der Waals surface area contributed by atoms with Crippen LogP contribution < -0.4 is 10.2 Å². The average Bonchev–Trinajstić information content (AvgIpc) is 2.86. The van der Waals surface area contributed by atoms with Crippen molar-refractivity contribution in [3.05, 3.63) is 46.6 Å². The quantitative estimate of drug-likeness (QED) is 0.504. The van der Waals surface area contributed by atoms with Crippen molar-refractivity contribution < 1.29 is 13.2 Å². The average molecular weight is 543 g/mol. The third kappa shape index (κ3) is 5.66. The second kappa shape index (κ2) is 9.88. The van der Waals surface area contributed by atoms with Gasteiger partial charge in [-0.2, -0.15) is 0 Å². The number of thioether (sulfide) groups is 1. The molecule has 2 fully saturated rings.